The van der Waals surface area contributed by atoms with E-state index in [-0.39, 0.29) is 6.03 Å². The fraction of sp³-hybridized carbons (Fsp3) is 0.500. The molecule has 0 fully saturated rings. The molecule has 17 heavy (non-hydrogen) atoms. The molecule has 0 aliphatic rings. The summed E-state index contributed by atoms with van der Waals surface area (Å²) in [6.07, 6.45) is 5.43. The number of carbonyl (C=O) groups is 1. The lowest BCUT2D eigenvalue weighted by atomic mass is 10.1. The standard InChI is InChI=1S/C12H19N3O2/c1-17-9-8-15-12(16)14-7-3-5-11-4-2-6-13-10-11/h2,4,6,10H,3,5,7-9H2,1H3,(H2,14,15,16). The van der Waals surface area contributed by atoms with Crippen LogP contribution in [0.5, 0.6) is 0 Å². The Balaban J connectivity index is 2.02. The van der Waals surface area contributed by atoms with E-state index in [4.69, 9.17) is 4.74 Å². The minimum atomic E-state index is -0.145. The third kappa shape index (κ3) is 6.52. The molecule has 2 amide bonds. The zero-order valence-corrected chi connectivity index (χ0v) is 10.1. The van der Waals surface area contributed by atoms with E-state index in [9.17, 15) is 4.79 Å². The third-order valence-corrected chi connectivity index (χ3v) is 2.24. The lowest BCUT2D eigenvalue weighted by Crippen LogP contribution is -2.37. The molecule has 1 rings (SSSR count). The van der Waals surface area contributed by atoms with Gasteiger partial charge in [-0.3, -0.25) is 4.98 Å². The molecule has 1 aromatic rings. The molecule has 0 aliphatic carbocycles. The summed E-state index contributed by atoms with van der Waals surface area (Å²) in [7, 11) is 1.60. The predicted molar refractivity (Wildman–Crippen MR) is 65.8 cm³/mol. The van der Waals surface area contributed by atoms with E-state index in [0.29, 0.717) is 19.7 Å². The number of nitrogens with zero attached hydrogens (tertiary/aromatic N) is 1. The van der Waals surface area contributed by atoms with Gasteiger partial charge in [-0.2, -0.15) is 0 Å². The first-order chi connectivity index (χ1) is 8.33. The average molecular weight is 237 g/mol. The van der Waals surface area contributed by atoms with Crippen LogP contribution in [-0.2, 0) is 11.2 Å². The van der Waals surface area contributed by atoms with Crippen molar-refractivity contribution in [2.24, 2.45) is 0 Å². The van der Waals surface area contributed by atoms with Crippen molar-refractivity contribution < 1.29 is 9.53 Å². The monoisotopic (exact) mass is 237 g/mol. The Morgan fingerprint density at radius 2 is 2.24 bits per heavy atom. The number of nitrogens with one attached hydrogen (secondary N) is 2. The number of methoxy groups -OCH3 is 1. The van der Waals surface area contributed by atoms with E-state index < -0.39 is 0 Å². The molecule has 1 heterocycles. The van der Waals surface area contributed by atoms with Crippen LogP contribution in [0.25, 0.3) is 0 Å². The quantitative estimate of drug-likeness (QED) is 0.694. The highest BCUT2D eigenvalue weighted by molar-refractivity contribution is 5.73. The molecule has 94 valence electrons. The maximum Gasteiger partial charge on any atom is 0.314 e. The van der Waals surface area contributed by atoms with Crippen molar-refractivity contribution in [3.8, 4) is 0 Å². The van der Waals surface area contributed by atoms with Crippen LogP contribution in [0, 0.1) is 0 Å². The number of aryl methyl sites for hydroxylation is 1. The Morgan fingerprint density at radius 3 is 2.94 bits per heavy atom. The summed E-state index contributed by atoms with van der Waals surface area (Å²) in [5, 5.41) is 5.48. The minimum Gasteiger partial charge on any atom is -0.383 e. The van der Waals surface area contributed by atoms with E-state index in [1.165, 1.54) is 5.56 Å². The third-order valence-electron chi connectivity index (χ3n) is 2.24. The average Bonchev–Trinajstić information content (AvgIpc) is 2.36. The van der Waals surface area contributed by atoms with Crippen LogP contribution in [0.4, 0.5) is 4.79 Å². The Labute approximate surface area is 102 Å². The molecule has 0 saturated heterocycles. The smallest absolute Gasteiger partial charge is 0.314 e. The van der Waals surface area contributed by atoms with Crippen LogP contribution >= 0.6 is 0 Å². The van der Waals surface area contributed by atoms with Crippen LogP contribution in [-0.4, -0.2) is 37.8 Å². The second kappa shape index (κ2) is 8.52. The van der Waals surface area contributed by atoms with Crippen molar-refractivity contribution in [3.05, 3.63) is 30.1 Å². The van der Waals surface area contributed by atoms with E-state index >= 15 is 0 Å². The maximum atomic E-state index is 11.2. The Bertz CT molecular complexity index is 317. The lowest BCUT2D eigenvalue weighted by Gasteiger charge is -2.06. The van der Waals surface area contributed by atoms with E-state index in [0.717, 1.165) is 12.8 Å². The normalized spacial score (nSPS) is 9.94. The highest BCUT2D eigenvalue weighted by atomic mass is 16.5. The Morgan fingerprint density at radius 1 is 1.41 bits per heavy atom. The first-order valence-electron chi connectivity index (χ1n) is 5.72. The fourth-order valence-corrected chi connectivity index (χ4v) is 1.37. The number of ether oxygens (including phenoxy) is 1. The van der Waals surface area contributed by atoms with Gasteiger partial charge >= 0.3 is 6.03 Å². The Kier molecular flexibility index (Phi) is 6.74. The van der Waals surface area contributed by atoms with Gasteiger partial charge in [0.05, 0.1) is 6.61 Å². The van der Waals surface area contributed by atoms with Crippen LogP contribution < -0.4 is 10.6 Å². The minimum absolute atomic E-state index is 0.145. The first kappa shape index (κ1) is 13.4. The van der Waals surface area contributed by atoms with Crippen molar-refractivity contribution in [2.45, 2.75) is 12.8 Å². The van der Waals surface area contributed by atoms with Gasteiger partial charge in [0.25, 0.3) is 0 Å². The van der Waals surface area contributed by atoms with E-state index in [1.54, 1.807) is 13.3 Å². The number of urea groups is 1. The van der Waals surface area contributed by atoms with Crippen LogP contribution in [0.2, 0.25) is 0 Å². The molecule has 0 saturated carbocycles. The van der Waals surface area contributed by atoms with Crippen molar-refractivity contribution in [3.63, 3.8) is 0 Å². The number of aromatic nitrogens is 1. The molecular weight excluding hydrogens is 218 g/mol. The van der Waals surface area contributed by atoms with Gasteiger partial charge in [0.1, 0.15) is 0 Å². The first-order valence-corrected chi connectivity index (χ1v) is 5.72. The van der Waals surface area contributed by atoms with Crippen LogP contribution in [0.3, 0.4) is 0 Å². The van der Waals surface area contributed by atoms with Gasteiger partial charge in [0, 0.05) is 32.6 Å². The number of rotatable bonds is 7. The van der Waals surface area contributed by atoms with Crippen molar-refractivity contribution in [2.75, 3.05) is 26.8 Å². The lowest BCUT2D eigenvalue weighted by molar-refractivity contribution is 0.196. The van der Waals surface area contributed by atoms with Gasteiger partial charge in [-0.1, -0.05) is 6.07 Å². The topological polar surface area (TPSA) is 63.2 Å². The highest BCUT2D eigenvalue weighted by Gasteiger charge is 1.98. The molecule has 0 unspecified atom stereocenters. The molecule has 1 aromatic heterocycles. The summed E-state index contributed by atoms with van der Waals surface area (Å²) < 4.78 is 4.83. The van der Waals surface area contributed by atoms with Gasteiger partial charge in [-0.15, -0.1) is 0 Å². The number of hydrogen-bond donors (Lipinski definition) is 2. The summed E-state index contributed by atoms with van der Waals surface area (Å²) in [6, 6.07) is 3.81. The fourth-order valence-electron chi connectivity index (χ4n) is 1.37. The molecule has 0 aromatic carbocycles. The van der Waals surface area contributed by atoms with Crippen molar-refractivity contribution in [1.29, 1.82) is 0 Å². The predicted octanol–water partition coefficient (Wildman–Crippen LogP) is 0.960. The van der Waals surface area contributed by atoms with Crippen molar-refractivity contribution in [1.82, 2.24) is 15.6 Å². The van der Waals surface area contributed by atoms with Gasteiger partial charge in [0.2, 0.25) is 0 Å². The van der Waals surface area contributed by atoms with Gasteiger partial charge in [-0.25, -0.2) is 4.79 Å². The number of pyridine rings is 1. The highest BCUT2D eigenvalue weighted by Crippen LogP contribution is 1.98. The maximum absolute atomic E-state index is 11.2. The molecule has 0 aliphatic heterocycles. The summed E-state index contributed by atoms with van der Waals surface area (Å²) in [4.78, 5) is 15.3. The number of hydrogen-bond acceptors (Lipinski definition) is 3. The second-order valence-corrected chi connectivity index (χ2v) is 3.64. The van der Waals surface area contributed by atoms with E-state index in [2.05, 4.69) is 15.6 Å². The zero-order valence-electron chi connectivity index (χ0n) is 10.1. The van der Waals surface area contributed by atoms with Crippen LogP contribution in [0.1, 0.15) is 12.0 Å². The van der Waals surface area contributed by atoms with Gasteiger partial charge in [-0.05, 0) is 24.5 Å². The Hall–Kier alpha value is -1.62. The van der Waals surface area contributed by atoms with E-state index in [1.807, 2.05) is 18.3 Å². The summed E-state index contributed by atoms with van der Waals surface area (Å²) in [5.74, 6) is 0. The molecule has 2 N–H and O–H groups in total. The van der Waals surface area contributed by atoms with Crippen molar-refractivity contribution >= 4 is 6.03 Å². The molecular formula is C12H19N3O2. The molecule has 5 heteroatoms. The number of amides is 2. The molecule has 0 radical (unpaired) electrons. The summed E-state index contributed by atoms with van der Waals surface area (Å²) >= 11 is 0. The zero-order chi connectivity index (χ0) is 12.3. The van der Waals surface area contributed by atoms with Gasteiger partial charge < -0.3 is 15.4 Å². The molecule has 0 atom stereocenters. The SMILES string of the molecule is COCCNC(=O)NCCCc1cccnc1. The summed E-state index contributed by atoms with van der Waals surface area (Å²) in [6.45, 7) is 1.72. The van der Waals surface area contributed by atoms with Gasteiger partial charge in [0.15, 0.2) is 0 Å². The largest absolute Gasteiger partial charge is 0.383 e. The van der Waals surface area contributed by atoms with Crippen LogP contribution in [0.15, 0.2) is 24.5 Å². The number of carbonyl (C=O) groups excluding carboxylic acids is 1. The molecule has 0 spiro atoms. The molecule has 0 bridgehead atoms. The second-order valence-electron chi connectivity index (χ2n) is 3.64. The molecule has 5 nitrogen and oxygen atoms in total. The summed E-state index contributed by atoms with van der Waals surface area (Å²) in [5.41, 5.74) is 1.19.